The molecule has 1 amide bonds. The number of alkyl carbamates (subject to hydrolysis) is 1. The SMILES string of the molecule is CN(C)C1CCC(NC(=O)O[C@H]2CC[C@@]3(C)[C@H](CC[C@@H]4[C@@H]3CC[C@]3(C)[C@@H](c5ccc(=O)oc5)CC[C@]43O)C2)CC1. The number of nitrogens with one attached hydrogen (secondary N) is 1. The van der Waals surface area contributed by atoms with Crippen molar-refractivity contribution in [3.63, 3.8) is 0 Å². The number of carbonyl (C=O) groups is 1. The first-order valence-electron chi connectivity index (χ1n) is 16.0. The molecule has 1 aromatic heterocycles. The van der Waals surface area contributed by atoms with E-state index in [-0.39, 0.29) is 40.6 Å². The predicted octanol–water partition coefficient (Wildman–Crippen LogP) is 5.85. The largest absolute Gasteiger partial charge is 0.446 e. The van der Waals surface area contributed by atoms with Crippen molar-refractivity contribution in [1.29, 1.82) is 0 Å². The Morgan fingerprint density at radius 2 is 1.75 bits per heavy atom. The van der Waals surface area contributed by atoms with Gasteiger partial charge in [0, 0.05) is 23.6 Å². The molecule has 0 aliphatic heterocycles. The molecule has 5 aliphatic rings. The maximum absolute atomic E-state index is 12.8. The molecule has 7 heteroatoms. The van der Waals surface area contributed by atoms with Crippen LogP contribution in [-0.4, -0.2) is 54.0 Å². The van der Waals surface area contributed by atoms with Gasteiger partial charge in [0.25, 0.3) is 0 Å². The van der Waals surface area contributed by atoms with Gasteiger partial charge in [-0.15, -0.1) is 0 Å². The van der Waals surface area contributed by atoms with Gasteiger partial charge >= 0.3 is 11.7 Å². The number of hydrogen-bond donors (Lipinski definition) is 2. The van der Waals surface area contributed by atoms with E-state index in [1.807, 2.05) is 6.07 Å². The molecular weight excluding hydrogens is 504 g/mol. The summed E-state index contributed by atoms with van der Waals surface area (Å²) >= 11 is 0. The summed E-state index contributed by atoms with van der Waals surface area (Å²) in [5, 5.41) is 15.6. The van der Waals surface area contributed by atoms with E-state index in [0.717, 1.165) is 89.0 Å². The van der Waals surface area contributed by atoms with Crippen molar-refractivity contribution in [3.05, 3.63) is 34.4 Å². The third-order valence-electron chi connectivity index (χ3n) is 13.0. The summed E-state index contributed by atoms with van der Waals surface area (Å²) in [5.41, 5.74) is 0.0167. The van der Waals surface area contributed by atoms with E-state index in [1.165, 1.54) is 6.07 Å². The van der Waals surface area contributed by atoms with Crippen LogP contribution in [0.1, 0.15) is 109 Å². The van der Waals surface area contributed by atoms with Crippen LogP contribution >= 0.6 is 0 Å². The van der Waals surface area contributed by atoms with Crippen molar-refractivity contribution in [2.75, 3.05) is 14.1 Å². The average molecular weight is 555 g/mol. The van der Waals surface area contributed by atoms with Crippen LogP contribution in [0.25, 0.3) is 0 Å². The molecule has 0 saturated heterocycles. The Morgan fingerprint density at radius 1 is 0.975 bits per heavy atom. The maximum Gasteiger partial charge on any atom is 0.407 e. The summed E-state index contributed by atoms with van der Waals surface area (Å²) in [4.78, 5) is 26.7. The monoisotopic (exact) mass is 554 g/mol. The third-order valence-corrected chi connectivity index (χ3v) is 13.0. The molecule has 5 fully saturated rings. The third kappa shape index (κ3) is 4.63. The second kappa shape index (κ2) is 10.4. The van der Waals surface area contributed by atoms with Crippen molar-refractivity contribution in [2.24, 2.45) is 28.6 Å². The van der Waals surface area contributed by atoms with E-state index < -0.39 is 5.60 Å². The van der Waals surface area contributed by atoms with Crippen LogP contribution < -0.4 is 10.9 Å². The fourth-order valence-electron chi connectivity index (χ4n) is 10.5. The molecule has 1 heterocycles. The Labute approximate surface area is 239 Å². The van der Waals surface area contributed by atoms with Crippen molar-refractivity contribution in [2.45, 2.75) is 127 Å². The quantitative estimate of drug-likeness (QED) is 0.485. The Balaban J connectivity index is 1.08. The van der Waals surface area contributed by atoms with Crippen molar-refractivity contribution in [1.82, 2.24) is 10.2 Å². The number of nitrogens with zero attached hydrogens (tertiary/aromatic N) is 1. The summed E-state index contributed by atoms with van der Waals surface area (Å²) < 4.78 is 11.3. The van der Waals surface area contributed by atoms with Crippen LogP contribution in [-0.2, 0) is 4.74 Å². The highest BCUT2D eigenvalue weighted by Gasteiger charge is 2.67. The van der Waals surface area contributed by atoms with E-state index in [4.69, 9.17) is 9.15 Å². The normalized spacial score (nSPS) is 44.8. The highest BCUT2D eigenvalue weighted by molar-refractivity contribution is 5.67. The molecule has 222 valence electrons. The molecule has 6 rings (SSSR count). The molecule has 1 aromatic rings. The van der Waals surface area contributed by atoms with Gasteiger partial charge in [-0.2, -0.15) is 0 Å². The summed E-state index contributed by atoms with van der Waals surface area (Å²) in [6.07, 6.45) is 14.6. The molecule has 5 aliphatic carbocycles. The molecule has 5 saturated carbocycles. The molecule has 2 N–H and O–H groups in total. The highest BCUT2D eigenvalue weighted by Crippen LogP contribution is 2.70. The van der Waals surface area contributed by atoms with E-state index in [9.17, 15) is 14.7 Å². The van der Waals surface area contributed by atoms with E-state index >= 15 is 0 Å². The topological polar surface area (TPSA) is 92.0 Å². The van der Waals surface area contributed by atoms with E-state index in [0.29, 0.717) is 23.8 Å². The second-order valence-corrected chi connectivity index (χ2v) is 14.8. The summed E-state index contributed by atoms with van der Waals surface area (Å²) in [7, 11) is 4.28. The molecule has 0 bridgehead atoms. The van der Waals surface area contributed by atoms with Gasteiger partial charge < -0.3 is 24.5 Å². The number of amides is 1. The lowest BCUT2D eigenvalue weighted by Crippen LogP contribution is -2.62. The first-order valence-corrected chi connectivity index (χ1v) is 16.0. The van der Waals surface area contributed by atoms with Gasteiger partial charge in [-0.05, 0) is 138 Å². The highest BCUT2D eigenvalue weighted by atomic mass is 16.6. The second-order valence-electron chi connectivity index (χ2n) is 14.8. The Morgan fingerprint density at radius 3 is 2.45 bits per heavy atom. The standard InChI is InChI=1S/C33H50N2O5/c1-31-16-13-25(40-30(37)34-23-7-9-24(10-8-23)35(3)4)19-22(31)6-11-28-27(31)14-17-32(2)26(15-18-33(28,32)38)21-5-12-29(36)39-20-21/h5,12,20,22-28,38H,6-11,13-19H2,1-4H3,(H,34,37)/t22-,23?,24?,25+,26-,27+,28-,31+,32-,33+/m1/s1. The van der Waals surface area contributed by atoms with Gasteiger partial charge in [-0.1, -0.05) is 13.8 Å². The lowest BCUT2D eigenvalue weighted by molar-refractivity contribution is -0.205. The zero-order chi connectivity index (χ0) is 28.3. The molecule has 40 heavy (non-hydrogen) atoms. The molecule has 0 unspecified atom stereocenters. The van der Waals surface area contributed by atoms with Crippen LogP contribution in [0.3, 0.4) is 0 Å². The van der Waals surface area contributed by atoms with Gasteiger partial charge in [0.05, 0.1) is 11.9 Å². The molecule has 0 radical (unpaired) electrons. The number of carbonyl (C=O) groups excluding carboxylic acids is 1. The lowest BCUT2D eigenvalue weighted by Gasteiger charge is -2.63. The summed E-state index contributed by atoms with van der Waals surface area (Å²) in [6.45, 7) is 4.76. The first-order chi connectivity index (χ1) is 19.0. The van der Waals surface area contributed by atoms with Gasteiger partial charge in [-0.25, -0.2) is 9.59 Å². The lowest BCUT2D eigenvalue weighted by atomic mass is 9.43. The zero-order valence-corrected chi connectivity index (χ0v) is 25.0. The summed E-state index contributed by atoms with van der Waals surface area (Å²) in [6, 6.07) is 4.27. The van der Waals surface area contributed by atoms with E-state index in [1.54, 1.807) is 6.26 Å². The predicted molar refractivity (Wildman–Crippen MR) is 154 cm³/mol. The number of ether oxygens (including phenoxy) is 1. The van der Waals surface area contributed by atoms with Crippen molar-refractivity contribution >= 4 is 6.09 Å². The van der Waals surface area contributed by atoms with Crippen LogP contribution in [0.5, 0.6) is 0 Å². The number of hydrogen-bond acceptors (Lipinski definition) is 6. The average Bonchev–Trinajstić information content (AvgIpc) is 3.20. The van der Waals surface area contributed by atoms with Crippen molar-refractivity contribution < 1.29 is 19.1 Å². The van der Waals surface area contributed by atoms with Gasteiger partial charge in [0.2, 0.25) is 0 Å². The zero-order valence-electron chi connectivity index (χ0n) is 25.0. The molecule has 8 atom stereocenters. The Hall–Kier alpha value is -1.86. The number of rotatable bonds is 4. The summed E-state index contributed by atoms with van der Waals surface area (Å²) in [5.74, 6) is 1.54. The fraction of sp³-hybridized carbons (Fsp3) is 0.818. The minimum Gasteiger partial charge on any atom is -0.446 e. The van der Waals surface area contributed by atoms with E-state index in [2.05, 4.69) is 38.2 Å². The Bertz CT molecular complexity index is 1120. The van der Waals surface area contributed by atoms with Crippen LogP contribution in [0, 0.1) is 28.6 Å². The first kappa shape index (κ1) is 28.3. The van der Waals surface area contributed by atoms with Gasteiger partial charge in [-0.3, -0.25) is 0 Å². The van der Waals surface area contributed by atoms with Gasteiger partial charge in [0.15, 0.2) is 0 Å². The maximum atomic E-state index is 12.8. The molecular formula is C33H50N2O5. The molecule has 0 aromatic carbocycles. The van der Waals surface area contributed by atoms with Crippen LogP contribution in [0.2, 0.25) is 0 Å². The Kier molecular flexibility index (Phi) is 7.38. The molecule has 0 spiro atoms. The van der Waals surface area contributed by atoms with Crippen LogP contribution in [0.4, 0.5) is 4.79 Å². The molecule has 7 nitrogen and oxygen atoms in total. The number of aliphatic hydroxyl groups is 1. The van der Waals surface area contributed by atoms with Crippen molar-refractivity contribution in [3.8, 4) is 0 Å². The fourth-order valence-corrected chi connectivity index (χ4v) is 10.5. The van der Waals surface area contributed by atoms with Crippen LogP contribution in [0.15, 0.2) is 27.6 Å². The minimum atomic E-state index is -0.691. The van der Waals surface area contributed by atoms with Gasteiger partial charge in [0.1, 0.15) is 6.10 Å². The minimum absolute atomic E-state index is 0.00622. The smallest absolute Gasteiger partial charge is 0.407 e. The number of fused-ring (bicyclic) bond motifs is 5.